The number of nitrogens with zero attached hydrogens (tertiary/aromatic N) is 2. The number of anilines is 2. The summed E-state index contributed by atoms with van der Waals surface area (Å²) in [4.78, 5) is 28.6. The van der Waals surface area contributed by atoms with Gasteiger partial charge in [0.05, 0.1) is 12.6 Å². The zero-order chi connectivity index (χ0) is 19.1. The molecule has 0 aliphatic rings. The molecule has 0 saturated carbocycles. The van der Waals surface area contributed by atoms with Gasteiger partial charge in [0.2, 0.25) is 11.8 Å². The molecule has 0 heterocycles. The van der Waals surface area contributed by atoms with Crippen molar-refractivity contribution in [1.82, 2.24) is 4.90 Å². The first-order chi connectivity index (χ1) is 12.4. The van der Waals surface area contributed by atoms with Gasteiger partial charge < -0.3 is 10.2 Å². The van der Waals surface area contributed by atoms with Gasteiger partial charge in [-0.15, -0.1) is 0 Å². The van der Waals surface area contributed by atoms with Crippen LogP contribution in [0, 0.1) is 6.92 Å². The number of hydrogen-bond donors (Lipinski definition) is 1. The molecular weight excluding hydrogens is 326 g/mol. The normalized spacial score (nSPS) is 11.9. The standard InChI is InChI=1S/C21H27N3O2/c1-5-24(19-9-7-6-8-10-19)21(26)17(3)23(4)15-20(25)22-18-13-11-16(2)12-14-18/h6-14,17H,5,15H2,1-4H3,(H,22,25). The van der Waals surface area contributed by atoms with Gasteiger partial charge in [-0.2, -0.15) is 0 Å². The Morgan fingerprint density at radius 2 is 1.65 bits per heavy atom. The number of likely N-dealkylation sites (N-methyl/N-ethyl adjacent to an activating group) is 2. The minimum atomic E-state index is -0.404. The van der Waals surface area contributed by atoms with Gasteiger partial charge in [-0.25, -0.2) is 0 Å². The average molecular weight is 353 g/mol. The fourth-order valence-corrected chi connectivity index (χ4v) is 2.69. The molecule has 0 bridgehead atoms. The SMILES string of the molecule is CCN(C(=O)C(C)N(C)CC(=O)Nc1ccc(C)cc1)c1ccccc1. The summed E-state index contributed by atoms with van der Waals surface area (Å²) in [6.45, 7) is 6.50. The van der Waals surface area contributed by atoms with Gasteiger partial charge in [0, 0.05) is 17.9 Å². The highest BCUT2D eigenvalue weighted by Crippen LogP contribution is 2.15. The summed E-state index contributed by atoms with van der Waals surface area (Å²) >= 11 is 0. The van der Waals surface area contributed by atoms with E-state index in [0.717, 1.165) is 16.9 Å². The monoisotopic (exact) mass is 353 g/mol. The number of nitrogens with one attached hydrogen (secondary N) is 1. The van der Waals surface area contributed by atoms with Crippen LogP contribution in [0.15, 0.2) is 54.6 Å². The number of carbonyl (C=O) groups excluding carboxylic acids is 2. The molecule has 138 valence electrons. The van der Waals surface area contributed by atoms with Crippen LogP contribution in [-0.4, -0.2) is 42.9 Å². The van der Waals surface area contributed by atoms with E-state index in [1.54, 1.807) is 16.8 Å². The van der Waals surface area contributed by atoms with E-state index in [2.05, 4.69) is 5.32 Å². The molecule has 2 aromatic carbocycles. The van der Waals surface area contributed by atoms with E-state index >= 15 is 0 Å². The summed E-state index contributed by atoms with van der Waals surface area (Å²) in [6, 6.07) is 16.8. The molecule has 5 nitrogen and oxygen atoms in total. The van der Waals surface area contributed by atoms with Crippen molar-refractivity contribution in [2.75, 3.05) is 30.4 Å². The second-order valence-corrected chi connectivity index (χ2v) is 6.42. The third-order valence-electron chi connectivity index (χ3n) is 4.40. The second-order valence-electron chi connectivity index (χ2n) is 6.42. The van der Waals surface area contributed by atoms with Crippen molar-refractivity contribution in [3.63, 3.8) is 0 Å². The van der Waals surface area contributed by atoms with Crippen molar-refractivity contribution >= 4 is 23.2 Å². The van der Waals surface area contributed by atoms with Crippen LogP contribution in [0.25, 0.3) is 0 Å². The van der Waals surface area contributed by atoms with Crippen LogP contribution < -0.4 is 10.2 Å². The van der Waals surface area contributed by atoms with Crippen molar-refractivity contribution < 1.29 is 9.59 Å². The summed E-state index contributed by atoms with van der Waals surface area (Å²) in [5.74, 6) is -0.164. The van der Waals surface area contributed by atoms with Crippen LogP contribution in [0.5, 0.6) is 0 Å². The van der Waals surface area contributed by atoms with Gasteiger partial charge >= 0.3 is 0 Å². The second kappa shape index (κ2) is 9.15. The Labute approximate surface area is 155 Å². The molecule has 0 fully saturated rings. The topological polar surface area (TPSA) is 52.7 Å². The first-order valence-electron chi connectivity index (χ1n) is 8.85. The smallest absolute Gasteiger partial charge is 0.244 e. The van der Waals surface area contributed by atoms with Gasteiger partial charge in [-0.05, 0) is 52.1 Å². The van der Waals surface area contributed by atoms with Crippen molar-refractivity contribution in [3.8, 4) is 0 Å². The number of hydrogen-bond acceptors (Lipinski definition) is 3. The molecule has 0 aromatic heterocycles. The average Bonchev–Trinajstić information content (AvgIpc) is 2.64. The van der Waals surface area contributed by atoms with Gasteiger partial charge in [-0.1, -0.05) is 35.9 Å². The first kappa shape index (κ1) is 19.7. The van der Waals surface area contributed by atoms with Crippen LogP contribution in [0.3, 0.4) is 0 Å². The fraction of sp³-hybridized carbons (Fsp3) is 0.333. The van der Waals surface area contributed by atoms with Crippen molar-refractivity contribution in [2.45, 2.75) is 26.8 Å². The molecule has 0 aliphatic heterocycles. The largest absolute Gasteiger partial charge is 0.325 e. The van der Waals surface area contributed by atoms with Crippen LogP contribution in [0.4, 0.5) is 11.4 Å². The molecule has 0 aliphatic carbocycles. The lowest BCUT2D eigenvalue weighted by Crippen LogP contribution is -2.48. The molecule has 1 atom stereocenters. The van der Waals surface area contributed by atoms with E-state index in [9.17, 15) is 9.59 Å². The maximum absolute atomic E-state index is 12.8. The Bertz CT molecular complexity index is 729. The number of benzene rings is 2. The van der Waals surface area contributed by atoms with E-state index in [4.69, 9.17) is 0 Å². The number of carbonyl (C=O) groups is 2. The Balaban J connectivity index is 1.96. The minimum absolute atomic E-state index is 0.0238. The Hall–Kier alpha value is -2.66. The van der Waals surface area contributed by atoms with E-state index in [-0.39, 0.29) is 18.4 Å². The molecule has 2 amide bonds. The predicted molar refractivity (Wildman–Crippen MR) is 106 cm³/mol. The van der Waals surface area contributed by atoms with Crippen molar-refractivity contribution in [1.29, 1.82) is 0 Å². The molecule has 0 spiro atoms. The maximum Gasteiger partial charge on any atom is 0.244 e. The first-order valence-corrected chi connectivity index (χ1v) is 8.85. The maximum atomic E-state index is 12.8. The quantitative estimate of drug-likeness (QED) is 0.831. The van der Waals surface area contributed by atoms with Gasteiger partial charge in [0.1, 0.15) is 0 Å². The molecule has 2 aromatic rings. The van der Waals surface area contributed by atoms with Gasteiger partial charge in [0.15, 0.2) is 0 Å². The highest BCUT2D eigenvalue weighted by molar-refractivity contribution is 5.98. The lowest BCUT2D eigenvalue weighted by atomic mass is 10.2. The number of amides is 2. The summed E-state index contributed by atoms with van der Waals surface area (Å²) < 4.78 is 0. The molecule has 1 unspecified atom stereocenters. The third kappa shape index (κ3) is 5.17. The lowest BCUT2D eigenvalue weighted by Gasteiger charge is -2.29. The number of para-hydroxylation sites is 1. The molecule has 0 radical (unpaired) electrons. The fourth-order valence-electron chi connectivity index (χ4n) is 2.69. The summed E-state index contributed by atoms with van der Waals surface area (Å²) in [7, 11) is 1.79. The van der Waals surface area contributed by atoms with Crippen LogP contribution in [-0.2, 0) is 9.59 Å². The Morgan fingerprint density at radius 3 is 2.23 bits per heavy atom. The minimum Gasteiger partial charge on any atom is -0.325 e. The predicted octanol–water partition coefficient (Wildman–Crippen LogP) is 3.31. The van der Waals surface area contributed by atoms with Gasteiger partial charge in [-0.3, -0.25) is 14.5 Å². The van der Waals surface area contributed by atoms with Gasteiger partial charge in [0.25, 0.3) is 0 Å². The van der Waals surface area contributed by atoms with Crippen molar-refractivity contribution in [2.24, 2.45) is 0 Å². The van der Waals surface area contributed by atoms with E-state index in [1.807, 2.05) is 75.4 Å². The van der Waals surface area contributed by atoms with Crippen molar-refractivity contribution in [3.05, 3.63) is 60.2 Å². The molecule has 0 saturated heterocycles. The third-order valence-corrected chi connectivity index (χ3v) is 4.40. The van der Waals surface area contributed by atoms with Crippen LogP contribution >= 0.6 is 0 Å². The molecule has 5 heteroatoms. The van der Waals surface area contributed by atoms with E-state index in [0.29, 0.717) is 6.54 Å². The molecule has 26 heavy (non-hydrogen) atoms. The highest BCUT2D eigenvalue weighted by atomic mass is 16.2. The lowest BCUT2D eigenvalue weighted by molar-refractivity contribution is -0.124. The zero-order valence-corrected chi connectivity index (χ0v) is 15.9. The van der Waals surface area contributed by atoms with Crippen LogP contribution in [0.2, 0.25) is 0 Å². The molecule has 2 rings (SSSR count). The summed E-state index contributed by atoms with van der Waals surface area (Å²) in [5, 5.41) is 2.86. The summed E-state index contributed by atoms with van der Waals surface area (Å²) in [5.41, 5.74) is 2.76. The Kier molecular flexibility index (Phi) is 6.92. The molecule has 1 N–H and O–H groups in total. The number of rotatable bonds is 7. The van der Waals surface area contributed by atoms with E-state index in [1.165, 1.54) is 0 Å². The highest BCUT2D eigenvalue weighted by Gasteiger charge is 2.25. The number of aryl methyl sites for hydroxylation is 1. The van der Waals surface area contributed by atoms with Crippen LogP contribution in [0.1, 0.15) is 19.4 Å². The Morgan fingerprint density at radius 1 is 1.04 bits per heavy atom. The zero-order valence-electron chi connectivity index (χ0n) is 15.9. The molecular formula is C21H27N3O2. The summed E-state index contributed by atoms with van der Waals surface area (Å²) in [6.07, 6.45) is 0. The van der Waals surface area contributed by atoms with E-state index < -0.39 is 6.04 Å².